The minimum atomic E-state index is -3.87. The summed E-state index contributed by atoms with van der Waals surface area (Å²) in [6.07, 6.45) is -2.71. The van der Waals surface area contributed by atoms with Gasteiger partial charge in [-0.25, -0.2) is 21.9 Å². The van der Waals surface area contributed by atoms with Crippen LogP contribution in [0.2, 0.25) is 0 Å². The molecule has 0 aliphatic carbocycles. The van der Waals surface area contributed by atoms with Gasteiger partial charge in [0.25, 0.3) is 6.43 Å². The molecule has 90 valence electrons. The Kier molecular flexibility index (Phi) is 4.40. The van der Waals surface area contributed by atoms with Gasteiger partial charge in [0.05, 0.1) is 11.4 Å². The third-order valence-electron chi connectivity index (χ3n) is 1.87. The molecule has 0 fully saturated rings. The van der Waals surface area contributed by atoms with Crippen molar-refractivity contribution in [3.63, 3.8) is 0 Å². The van der Waals surface area contributed by atoms with Crippen molar-refractivity contribution < 1.29 is 17.2 Å². The van der Waals surface area contributed by atoms with Gasteiger partial charge in [-0.2, -0.15) is 0 Å². The average Bonchev–Trinajstić information content (AvgIpc) is 2.19. The van der Waals surface area contributed by atoms with Crippen molar-refractivity contribution >= 4 is 26.0 Å². The van der Waals surface area contributed by atoms with Gasteiger partial charge < -0.3 is 0 Å². The molecule has 0 bridgehead atoms. The number of aryl methyl sites for hydroxylation is 1. The highest BCUT2D eigenvalue weighted by molar-refractivity contribution is 9.10. The zero-order valence-electron chi connectivity index (χ0n) is 8.38. The van der Waals surface area contributed by atoms with Gasteiger partial charge in [0.1, 0.15) is 0 Å². The van der Waals surface area contributed by atoms with E-state index in [2.05, 4.69) is 15.9 Å². The van der Waals surface area contributed by atoms with Gasteiger partial charge in [-0.15, -0.1) is 0 Å². The van der Waals surface area contributed by atoms with Crippen LogP contribution in [0.5, 0.6) is 0 Å². The summed E-state index contributed by atoms with van der Waals surface area (Å²) in [7, 11) is -3.87. The van der Waals surface area contributed by atoms with Gasteiger partial charge in [0.2, 0.25) is 10.0 Å². The molecule has 0 amide bonds. The van der Waals surface area contributed by atoms with Crippen LogP contribution in [0.1, 0.15) is 5.56 Å². The van der Waals surface area contributed by atoms with E-state index in [1.165, 1.54) is 6.07 Å². The summed E-state index contributed by atoms with van der Waals surface area (Å²) in [4.78, 5) is 0.00234. The molecule has 0 unspecified atom stereocenters. The summed E-state index contributed by atoms with van der Waals surface area (Å²) in [6.45, 7) is 0.720. The van der Waals surface area contributed by atoms with E-state index in [-0.39, 0.29) is 4.90 Å². The Hall–Kier alpha value is -0.530. The SMILES string of the molecule is Cc1ccc(Br)cc1S(=O)(=O)NCC(F)F. The molecule has 0 saturated heterocycles. The molecule has 0 aromatic heterocycles. The Morgan fingerprint density at radius 2 is 2.06 bits per heavy atom. The van der Waals surface area contributed by atoms with Crippen LogP contribution in [0.25, 0.3) is 0 Å². The van der Waals surface area contributed by atoms with Crippen molar-refractivity contribution in [2.45, 2.75) is 18.2 Å². The number of rotatable bonds is 4. The second-order valence-electron chi connectivity index (χ2n) is 3.15. The number of alkyl halides is 2. The van der Waals surface area contributed by atoms with Crippen LogP contribution in [0.3, 0.4) is 0 Å². The van der Waals surface area contributed by atoms with Gasteiger partial charge in [-0.1, -0.05) is 22.0 Å². The molecule has 0 atom stereocenters. The quantitative estimate of drug-likeness (QED) is 0.927. The van der Waals surface area contributed by atoms with E-state index in [1.54, 1.807) is 19.1 Å². The van der Waals surface area contributed by atoms with E-state index in [9.17, 15) is 17.2 Å². The lowest BCUT2D eigenvalue weighted by atomic mass is 10.2. The Bertz CT molecular complexity index is 476. The zero-order valence-corrected chi connectivity index (χ0v) is 10.8. The molecule has 0 heterocycles. The average molecular weight is 314 g/mol. The van der Waals surface area contributed by atoms with Crippen LogP contribution < -0.4 is 4.72 Å². The van der Waals surface area contributed by atoms with E-state index in [0.717, 1.165) is 0 Å². The third-order valence-corrected chi connectivity index (χ3v) is 3.93. The van der Waals surface area contributed by atoms with Crippen molar-refractivity contribution in [2.75, 3.05) is 6.54 Å². The summed E-state index contributed by atoms with van der Waals surface area (Å²) in [5.74, 6) is 0. The van der Waals surface area contributed by atoms with Crippen LogP contribution >= 0.6 is 15.9 Å². The molecule has 3 nitrogen and oxygen atoms in total. The largest absolute Gasteiger partial charge is 0.251 e. The second-order valence-corrected chi connectivity index (χ2v) is 5.80. The molecular formula is C9H10BrF2NO2S. The first-order chi connectivity index (χ1) is 7.33. The normalized spacial score (nSPS) is 12.1. The third kappa shape index (κ3) is 3.50. The maximum Gasteiger partial charge on any atom is 0.251 e. The van der Waals surface area contributed by atoms with Crippen molar-refractivity contribution in [2.24, 2.45) is 0 Å². The molecular weight excluding hydrogens is 304 g/mol. The lowest BCUT2D eigenvalue weighted by molar-refractivity contribution is 0.153. The monoisotopic (exact) mass is 313 g/mol. The lowest BCUT2D eigenvalue weighted by Gasteiger charge is -2.09. The highest BCUT2D eigenvalue weighted by Gasteiger charge is 2.18. The Balaban J connectivity index is 3.02. The number of halogens is 3. The Morgan fingerprint density at radius 3 is 2.62 bits per heavy atom. The minimum absolute atomic E-state index is 0.00234. The number of benzene rings is 1. The molecule has 0 saturated carbocycles. The van der Waals surface area contributed by atoms with E-state index < -0.39 is 23.0 Å². The number of nitrogens with one attached hydrogen (secondary N) is 1. The lowest BCUT2D eigenvalue weighted by Crippen LogP contribution is -2.29. The van der Waals surface area contributed by atoms with Crippen LogP contribution in [0, 0.1) is 6.92 Å². The zero-order chi connectivity index (χ0) is 12.3. The molecule has 0 aliphatic rings. The number of hydrogen-bond acceptors (Lipinski definition) is 2. The van der Waals surface area contributed by atoms with Crippen LogP contribution in [-0.4, -0.2) is 21.4 Å². The maximum atomic E-state index is 11.9. The molecule has 0 aliphatic heterocycles. The van der Waals surface area contributed by atoms with Gasteiger partial charge in [-0.05, 0) is 24.6 Å². The smallest absolute Gasteiger partial charge is 0.209 e. The highest BCUT2D eigenvalue weighted by atomic mass is 79.9. The molecule has 1 aromatic rings. The van der Waals surface area contributed by atoms with Crippen molar-refractivity contribution in [1.82, 2.24) is 4.72 Å². The Morgan fingerprint density at radius 1 is 1.44 bits per heavy atom. The van der Waals surface area contributed by atoms with Crippen molar-refractivity contribution in [3.05, 3.63) is 28.2 Å². The van der Waals surface area contributed by atoms with E-state index in [1.807, 2.05) is 4.72 Å². The summed E-state index contributed by atoms with van der Waals surface area (Å²) in [5.41, 5.74) is 0.505. The van der Waals surface area contributed by atoms with Crippen molar-refractivity contribution in [3.8, 4) is 0 Å². The summed E-state index contributed by atoms with van der Waals surface area (Å²) >= 11 is 3.13. The predicted octanol–water partition coefficient (Wildman–Crippen LogP) is 2.30. The standard InChI is InChI=1S/C9H10BrF2NO2S/c1-6-2-3-7(10)4-8(6)16(14,15)13-5-9(11)12/h2-4,9,13H,5H2,1H3. The fourth-order valence-electron chi connectivity index (χ4n) is 1.11. The van der Waals surface area contributed by atoms with Crippen molar-refractivity contribution in [1.29, 1.82) is 0 Å². The summed E-state index contributed by atoms with van der Waals surface area (Å²) in [5, 5.41) is 0. The molecule has 1 rings (SSSR count). The van der Waals surface area contributed by atoms with Crippen LogP contribution in [-0.2, 0) is 10.0 Å². The predicted molar refractivity (Wildman–Crippen MR) is 60.1 cm³/mol. The molecule has 7 heteroatoms. The van der Waals surface area contributed by atoms with Crippen LogP contribution in [0.4, 0.5) is 8.78 Å². The number of sulfonamides is 1. The second kappa shape index (κ2) is 5.20. The van der Waals surface area contributed by atoms with Gasteiger partial charge in [0.15, 0.2) is 0 Å². The topological polar surface area (TPSA) is 46.2 Å². The first kappa shape index (κ1) is 13.5. The van der Waals surface area contributed by atoms with E-state index in [0.29, 0.717) is 10.0 Å². The van der Waals surface area contributed by atoms with Gasteiger partial charge in [-0.3, -0.25) is 0 Å². The van der Waals surface area contributed by atoms with Gasteiger partial charge in [0, 0.05) is 4.47 Å². The maximum absolute atomic E-state index is 11.9. The molecule has 1 aromatic carbocycles. The summed E-state index contributed by atoms with van der Waals surface area (Å²) in [6, 6.07) is 4.66. The first-order valence-corrected chi connectivity index (χ1v) is 6.64. The Labute approximate surface area is 101 Å². The highest BCUT2D eigenvalue weighted by Crippen LogP contribution is 2.20. The van der Waals surface area contributed by atoms with E-state index in [4.69, 9.17) is 0 Å². The van der Waals surface area contributed by atoms with E-state index >= 15 is 0 Å². The summed E-state index contributed by atoms with van der Waals surface area (Å²) < 4.78 is 49.6. The van der Waals surface area contributed by atoms with Gasteiger partial charge >= 0.3 is 0 Å². The fourth-order valence-corrected chi connectivity index (χ4v) is 2.90. The molecule has 1 N–H and O–H groups in total. The first-order valence-electron chi connectivity index (χ1n) is 4.37. The fraction of sp³-hybridized carbons (Fsp3) is 0.333. The number of hydrogen-bond donors (Lipinski definition) is 1. The van der Waals surface area contributed by atoms with Crippen LogP contribution in [0.15, 0.2) is 27.6 Å². The molecule has 0 spiro atoms. The minimum Gasteiger partial charge on any atom is -0.209 e. The molecule has 0 radical (unpaired) electrons. The molecule has 16 heavy (non-hydrogen) atoms.